The molecule has 142 valence electrons. The third kappa shape index (κ3) is 3.61. The molecule has 0 atom stereocenters. The van der Waals surface area contributed by atoms with Gasteiger partial charge in [-0.2, -0.15) is 0 Å². The topological polar surface area (TPSA) is 95.1 Å². The zero-order chi connectivity index (χ0) is 19.8. The Morgan fingerprint density at radius 3 is 2.70 bits per heavy atom. The highest BCUT2D eigenvalue weighted by Crippen LogP contribution is 2.29. The van der Waals surface area contributed by atoms with Crippen molar-refractivity contribution in [3.05, 3.63) is 47.7 Å². The van der Waals surface area contributed by atoms with Gasteiger partial charge in [-0.1, -0.05) is 6.07 Å². The molecule has 0 fully saturated rings. The number of anilines is 2. The van der Waals surface area contributed by atoms with E-state index in [9.17, 15) is 9.18 Å². The lowest BCUT2D eigenvalue weighted by molar-refractivity contribution is 0.102. The van der Waals surface area contributed by atoms with Crippen LogP contribution in [-0.2, 0) is 16.9 Å². The first-order chi connectivity index (χ1) is 12.7. The highest BCUT2D eigenvalue weighted by atomic mass is 19.1. The summed E-state index contributed by atoms with van der Waals surface area (Å²) in [4.78, 5) is 21.1. The largest absolute Gasteiger partial charge is 0.383 e. The predicted octanol–water partition coefficient (Wildman–Crippen LogP) is 3.31. The number of carbonyl (C=O) groups is 1. The highest BCUT2D eigenvalue weighted by molar-refractivity contribution is 6.14. The number of halogens is 1. The third-order valence-corrected chi connectivity index (χ3v) is 4.19. The highest BCUT2D eigenvalue weighted by Gasteiger charge is 2.24. The number of nitrogens with zero attached hydrogens (tertiary/aromatic N) is 3. The van der Waals surface area contributed by atoms with E-state index in [2.05, 4.69) is 15.3 Å². The van der Waals surface area contributed by atoms with E-state index in [4.69, 9.17) is 10.5 Å². The molecule has 2 aromatic heterocycles. The van der Waals surface area contributed by atoms with E-state index in [1.165, 1.54) is 19.5 Å². The van der Waals surface area contributed by atoms with Gasteiger partial charge in [0.2, 0.25) is 0 Å². The van der Waals surface area contributed by atoms with E-state index in [0.29, 0.717) is 27.8 Å². The minimum Gasteiger partial charge on any atom is -0.383 e. The molecule has 0 unspecified atom stereocenters. The molecule has 7 nitrogen and oxygen atoms in total. The van der Waals surface area contributed by atoms with Crippen molar-refractivity contribution in [1.29, 1.82) is 0 Å². The average molecular weight is 371 g/mol. The summed E-state index contributed by atoms with van der Waals surface area (Å²) in [5, 5.41) is 3.18. The lowest BCUT2D eigenvalue weighted by Crippen LogP contribution is -2.21. The minimum atomic E-state index is -0.449. The van der Waals surface area contributed by atoms with E-state index in [1.54, 1.807) is 18.3 Å². The Morgan fingerprint density at radius 1 is 1.33 bits per heavy atom. The van der Waals surface area contributed by atoms with E-state index >= 15 is 0 Å². The van der Waals surface area contributed by atoms with Gasteiger partial charge in [0.25, 0.3) is 5.91 Å². The fourth-order valence-electron chi connectivity index (χ4n) is 2.86. The van der Waals surface area contributed by atoms with Crippen molar-refractivity contribution >= 4 is 28.4 Å². The molecule has 1 aromatic carbocycles. The summed E-state index contributed by atoms with van der Waals surface area (Å²) < 4.78 is 20.9. The summed E-state index contributed by atoms with van der Waals surface area (Å²) in [6.45, 7) is 6.15. The molecule has 1 amide bonds. The minimum absolute atomic E-state index is 0.160. The van der Waals surface area contributed by atoms with Crippen LogP contribution in [0.4, 0.5) is 15.9 Å². The van der Waals surface area contributed by atoms with Gasteiger partial charge in [0, 0.05) is 30.1 Å². The number of benzene rings is 1. The summed E-state index contributed by atoms with van der Waals surface area (Å²) in [5.74, 6) is -0.646. The van der Waals surface area contributed by atoms with E-state index < -0.39 is 11.7 Å². The van der Waals surface area contributed by atoms with Gasteiger partial charge in [-0.05, 0) is 32.9 Å². The number of nitrogen functional groups attached to an aromatic ring is 1. The van der Waals surface area contributed by atoms with Gasteiger partial charge in [-0.15, -0.1) is 0 Å². The fraction of sp³-hybridized carbons (Fsp3) is 0.316. The number of carbonyl (C=O) groups excluding carboxylic acids is 1. The summed E-state index contributed by atoms with van der Waals surface area (Å²) in [7, 11) is 1.49. The van der Waals surface area contributed by atoms with E-state index in [0.717, 1.165) is 0 Å². The zero-order valence-corrected chi connectivity index (χ0v) is 15.7. The van der Waals surface area contributed by atoms with Crippen LogP contribution >= 0.6 is 0 Å². The van der Waals surface area contributed by atoms with Crippen LogP contribution in [0.5, 0.6) is 0 Å². The maximum absolute atomic E-state index is 14.1. The van der Waals surface area contributed by atoms with E-state index in [-0.39, 0.29) is 18.0 Å². The number of hydrogen-bond donors (Lipinski definition) is 2. The average Bonchev–Trinajstić information content (AvgIpc) is 2.99. The van der Waals surface area contributed by atoms with Crippen molar-refractivity contribution in [3.8, 4) is 0 Å². The number of rotatable bonds is 4. The molecule has 0 saturated carbocycles. The molecule has 0 aliphatic carbocycles. The lowest BCUT2D eigenvalue weighted by Gasteiger charge is -2.21. The van der Waals surface area contributed by atoms with Crippen LogP contribution in [-0.4, -0.2) is 27.6 Å². The van der Waals surface area contributed by atoms with Crippen LogP contribution in [0.3, 0.4) is 0 Å². The number of nitrogens with one attached hydrogen (secondary N) is 1. The normalized spacial score (nSPS) is 11.7. The maximum atomic E-state index is 14.1. The van der Waals surface area contributed by atoms with Crippen molar-refractivity contribution in [2.45, 2.75) is 32.9 Å². The van der Waals surface area contributed by atoms with Crippen molar-refractivity contribution in [2.75, 3.05) is 18.2 Å². The molecule has 8 heteroatoms. The predicted molar refractivity (Wildman–Crippen MR) is 102 cm³/mol. The lowest BCUT2D eigenvalue weighted by atomic mass is 10.1. The van der Waals surface area contributed by atoms with Crippen molar-refractivity contribution in [2.24, 2.45) is 0 Å². The van der Waals surface area contributed by atoms with Crippen molar-refractivity contribution in [1.82, 2.24) is 14.5 Å². The standard InChI is InChI=1S/C19H22FN5O2/c1-19(2,3)25-8-13(15-16(21)22-10-23-17(15)25)18(26)24-12-6-5-11(9-27-4)14(20)7-12/h5-8,10H,9H2,1-4H3,(H,24,26)(H2,21,22,23). The van der Waals surface area contributed by atoms with Gasteiger partial charge in [0.15, 0.2) is 0 Å². The molecule has 0 saturated heterocycles. The van der Waals surface area contributed by atoms with Gasteiger partial charge >= 0.3 is 0 Å². The van der Waals surface area contributed by atoms with Crippen LogP contribution in [0.15, 0.2) is 30.7 Å². The molecule has 27 heavy (non-hydrogen) atoms. The van der Waals surface area contributed by atoms with Crippen LogP contribution in [0.25, 0.3) is 11.0 Å². The monoisotopic (exact) mass is 371 g/mol. The number of methoxy groups -OCH3 is 1. The number of hydrogen-bond acceptors (Lipinski definition) is 5. The number of fused-ring (bicyclic) bond motifs is 1. The summed E-state index contributed by atoms with van der Waals surface area (Å²) in [6, 6.07) is 4.46. The Bertz CT molecular complexity index is 1010. The molecule has 0 aliphatic rings. The van der Waals surface area contributed by atoms with Gasteiger partial charge in [-0.25, -0.2) is 14.4 Å². The molecule has 3 rings (SSSR count). The molecule has 3 N–H and O–H groups in total. The van der Waals surface area contributed by atoms with Crippen LogP contribution in [0.1, 0.15) is 36.7 Å². The Balaban J connectivity index is 2.00. The quantitative estimate of drug-likeness (QED) is 0.734. The molecule has 0 bridgehead atoms. The number of ether oxygens (including phenoxy) is 1. The first-order valence-corrected chi connectivity index (χ1v) is 8.43. The Hall–Kier alpha value is -3.00. The number of amides is 1. The van der Waals surface area contributed by atoms with Crippen LogP contribution in [0.2, 0.25) is 0 Å². The summed E-state index contributed by atoms with van der Waals surface area (Å²) in [5.41, 5.74) is 7.35. The number of nitrogens with two attached hydrogens (primary N) is 1. The smallest absolute Gasteiger partial charge is 0.258 e. The van der Waals surface area contributed by atoms with Gasteiger partial charge in [0.1, 0.15) is 23.6 Å². The summed E-state index contributed by atoms with van der Waals surface area (Å²) in [6.07, 6.45) is 3.06. The molecule has 0 spiro atoms. The maximum Gasteiger partial charge on any atom is 0.258 e. The molecule has 2 heterocycles. The summed E-state index contributed by atoms with van der Waals surface area (Å²) >= 11 is 0. The molecule has 0 radical (unpaired) electrons. The Morgan fingerprint density at radius 2 is 2.07 bits per heavy atom. The molecular formula is C19H22FN5O2. The first kappa shape index (κ1) is 18.8. The molecule has 3 aromatic rings. The molecule has 0 aliphatic heterocycles. The third-order valence-electron chi connectivity index (χ3n) is 4.19. The van der Waals surface area contributed by atoms with Gasteiger partial charge in [0.05, 0.1) is 17.6 Å². The van der Waals surface area contributed by atoms with Crippen molar-refractivity contribution < 1.29 is 13.9 Å². The van der Waals surface area contributed by atoms with E-state index in [1.807, 2.05) is 25.3 Å². The van der Waals surface area contributed by atoms with Crippen LogP contribution in [0, 0.1) is 5.82 Å². The number of aromatic nitrogens is 3. The van der Waals surface area contributed by atoms with Crippen molar-refractivity contribution in [3.63, 3.8) is 0 Å². The Labute approximate surface area is 156 Å². The Kier molecular flexibility index (Phi) is 4.84. The van der Waals surface area contributed by atoms with Gasteiger partial charge in [-0.3, -0.25) is 4.79 Å². The van der Waals surface area contributed by atoms with Gasteiger partial charge < -0.3 is 20.4 Å². The fourth-order valence-corrected chi connectivity index (χ4v) is 2.86. The second-order valence-electron chi connectivity index (χ2n) is 7.23. The zero-order valence-electron chi connectivity index (χ0n) is 15.7. The second kappa shape index (κ2) is 6.96. The first-order valence-electron chi connectivity index (χ1n) is 8.43. The van der Waals surface area contributed by atoms with Crippen LogP contribution < -0.4 is 11.1 Å². The SMILES string of the molecule is COCc1ccc(NC(=O)c2cn(C(C)(C)C)c3ncnc(N)c23)cc1F. The molecular weight excluding hydrogens is 349 g/mol. The second-order valence-corrected chi connectivity index (χ2v) is 7.23.